The SMILES string of the molecule is C=C1C=C2CCC(C(C)C)C(C(C)C)[C@@]2(C)CC1. The molecule has 3 atom stereocenters. The summed E-state index contributed by atoms with van der Waals surface area (Å²) in [5, 5.41) is 0. The maximum atomic E-state index is 4.18. The van der Waals surface area contributed by atoms with Crippen LogP contribution in [0.4, 0.5) is 0 Å². The van der Waals surface area contributed by atoms with Gasteiger partial charge in [0.15, 0.2) is 0 Å². The van der Waals surface area contributed by atoms with Crippen molar-refractivity contribution in [2.45, 2.75) is 60.3 Å². The van der Waals surface area contributed by atoms with Crippen molar-refractivity contribution in [3.63, 3.8) is 0 Å². The van der Waals surface area contributed by atoms with Crippen LogP contribution in [0.3, 0.4) is 0 Å². The molecular weight excluding hydrogens is 216 g/mol. The molecule has 1 fully saturated rings. The Kier molecular flexibility index (Phi) is 3.76. The normalized spacial score (nSPS) is 36.8. The largest absolute Gasteiger partial charge is 0.0958 e. The summed E-state index contributed by atoms with van der Waals surface area (Å²) in [5.74, 6) is 3.36. The van der Waals surface area contributed by atoms with Crippen molar-refractivity contribution in [1.82, 2.24) is 0 Å². The molecule has 0 aliphatic heterocycles. The third-order valence-corrected chi connectivity index (χ3v) is 5.60. The zero-order valence-electron chi connectivity index (χ0n) is 12.9. The maximum Gasteiger partial charge on any atom is -0.00766 e. The van der Waals surface area contributed by atoms with Gasteiger partial charge in [-0.15, -0.1) is 0 Å². The molecule has 0 spiro atoms. The van der Waals surface area contributed by atoms with E-state index in [-0.39, 0.29) is 0 Å². The van der Waals surface area contributed by atoms with Gasteiger partial charge in [-0.05, 0) is 54.8 Å². The lowest BCUT2D eigenvalue weighted by molar-refractivity contribution is 0.0343. The third kappa shape index (κ3) is 2.19. The fourth-order valence-corrected chi connectivity index (χ4v) is 4.75. The molecule has 0 bridgehead atoms. The highest BCUT2D eigenvalue weighted by Crippen LogP contribution is 2.57. The Morgan fingerprint density at radius 2 is 1.83 bits per heavy atom. The zero-order chi connectivity index (χ0) is 13.5. The molecule has 2 aliphatic rings. The van der Waals surface area contributed by atoms with E-state index in [1.807, 2.05) is 0 Å². The predicted octanol–water partition coefficient (Wildman–Crippen LogP) is 5.61. The van der Waals surface area contributed by atoms with Crippen LogP contribution >= 0.6 is 0 Å². The number of hydrogen-bond acceptors (Lipinski definition) is 0. The quantitative estimate of drug-likeness (QED) is 0.594. The summed E-state index contributed by atoms with van der Waals surface area (Å²) in [6.07, 6.45) is 7.64. The molecule has 0 aromatic heterocycles. The van der Waals surface area contributed by atoms with Gasteiger partial charge in [-0.3, -0.25) is 0 Å². The molecule has 102 valence electrons. The molecule has 0 N–H and O–H groups in total. The fourth-order valence-electron chi connectivity index (χ4n) is 4.75. The van der Waals surface area contributed by atoms with Crippen molar-refractivity contribution in [3.8, 4) is 0 Å². The first-order valence-corrected chi connectivity index (χ1v) is 7.75. The van der Waals surface area contributed by atoms with Crippen molar-refractivity contribution in [3.05, 3.63) is 23.8 Å². The molecule has 18 heavy (non-hydrogen) atoms. The van der Waals surface area contributed by atoms with Crippen LogP contribution in [0.15, 0.2) is 23.8 Å². The lowest BCUT2D eigenvalue weighted by Gasteiger charge is -2.53. The number of fused-ring (bicyclic) bond motifs is 1. The Morgan fingerprint density at radius 1 is 1.17 bits per heavy atom. The fraction of sp³-hybridized carbons (Fsp3) is 0.778. The highest BCUT2D eigenvalue weighted by molar-refractivity contribution is 5.32. The monoisotopic (exact) mass is 246 g/mol. The topological polar surface area (TPSA) is 0 Å². The summed E-state index contributed by atoms with van der Waals surface area (Å²) in [6, 6.07) is 0. The first-order chi connectivity index (χ1) is 8.36. The van der Waals surface area contributed by atoms with Crippen molar-refractivity contribution in [2.24, 2.45) is 29.1 Å². The molecular formula is C18H30. The highest BCUT2D eigenvalue weighted by atomic mass is 14.5. The van der Waals surface area contributed by atoms with Crippen LogP contribution in [0.5, 0.6) is 0 Å². The summed E-state index contributed by atoms with van der Waals surface area (Å²) >= 11 is 0. The zero-order valence-corrected chi connectivity index (χ0v) is 12.9. The van der Waals surface area contributed by atoms with Gasteiger partial charge < -0.3 is 0 Å². The lowest BCUT2D eigenvalue weighted by Crippen LogP contribution is -2.44. The van der Waals surface area contributed by atoms with Gasteiger partial charge in [-0.25, -0.2) is 0 Å². The van der Waals surface area contributed by atoms with Gasteiger partial charge in [-0.2, -0.15) is 0 Å². The highest BCUT2D eigenvalue weighted by Gasteiger charge is 2.47. The Hall–Kier alpha value is -0.520. The molecule has 0 saturated heterocycles. The second kappa shape index (κ2) is 4.87. The summed E-state index contributed by atoms with van der Waals surface area (Å²) in [6.45, 7) is 16.4. The molecule has 0 nitrogen and oxygen atoms in total. The summed E-state index contributed by atoms with van der Waals surface area (Å²) in [4.78, 5) is 0. The molecule has 2 rings (SSSR count). The Morgan fingerprint density at radius 3 is 2.39 bits per heavy atom. The second-order valence-electron chi connectivity index (χ2n) is 7.46. The van der Waals surface area contributed by atoms with E-state index in [0.29, 0.717) is 5.41 Å². The van der Waals surface area contributed by atoms with Gasteiger partial charge in [0.2, 0.25) is 0 Å². The molecule has 2 aliphatic carbocycles. The lowest BCUT2D eigenvalue weighted by atomic mass is 9.52. The van der Waals surface area contributed by atoms with Crippen LogP contribution in [-0.4, -0.2) is 0 Å². The number of rotatable bonds is 2. The molecule has 0 radical (unpaired) electrons. The minimum Gasteiger partial charge on any atom is -0.0958 e. The van der Waals surface area contributed by atoms with Gasteiger partial charge in [0, 0.05) is 0 Å². The van der Waals surface area contributed by atoms with Gasteiger partial charge in [0.25, 0.3) is 0 Å². The predicted molar refractivity (Wildman–Crippen MR) is 80.5 cm³/mol. The van der Waals surface area contributed by atoms with E-state index < -0.39 is 0 Å². The minimum atomic E-state index is 0.447. The average Bonchev–Trinajstić information content (AvgIpc) is 2.27. The third-order valence-electron chi connectivity index (χ3n) is 5.60. The van der Waals surface area contributed by atoms with E-state index in [0.717, 1.165) is 23.7 Å². The smallest absolute Gasteiger partial charge is 0.00766 e. The van der Waals surface area contributed by atoms with E-state index in [9.17, 15) is 0 Å². The van der Waals surface area contributed by atoms with Crippen LogP contribution in [0, 0.1) is 29.1 Å². The Bertz CT molecular complexity index is 358. The summed E-state index contributed by atoms with van der Waals surface area (Å²) in [5.41, 5.74) is 3.50. The number of allylic oxidation sites excluding steroid dienone is 3. The van der Waals surface area contributed by atoms with Crippen LogP contribution in [0.25, 0.3) is 0 Å². The number of hydrogen-bond donors (Lipinski definition) is 0. The summed E-state index contributed by atoms with van der Waals surface area (Å²) < 4.78 is 0. The van der Waals surface area contributed by atoms with Crippen molar-refractivity contribution < 1.29 is 0 Å². The average molecular weight is 246 g/mol. The molecule has 0 aromatic carbocycles. The van der Waals surface area contributed by atoms with Gasteiger partial charge in [0.05, 0.1) is 0 Å². The molecule has 1 saturated carbocycles. The minimum absolute atomic E-state index is 0.447. The summed E-state index contributed by atoms with van der Waals surface area (Å²) in [7, 11) is 0. The van der Waals surface area contributed by atoms with Crippen LogP contribution in [0.1, 0.15) is 60.3 Å². The van der Waals surface area contributed by atoms with E-state index in [1.165, 1.54) is 31.3 Å². The van der Waals surface area contributed by atoms with Gasteiger partial charge in [-0.1, -0.05) is 58.4 Å². The molecule has 0 heterocycles. The standard InChI is InChI=1S/C18H30/c1-12(2)16-8-7-15-11-14(5)9-10-18(15,6)17(16)13(3)4/h11-13,16-17H,5,7-10H2,1-4,6H3/t16?,17?,18-/m0/s1. The van der Waals surface area contributed by atoms with E-state index in [2.05, 4.69) is 47.3 Å². The second-order valence-corrected chi connectivity index (χ2v) is 7.46. The van der Waals surface area contributed by atoms with Gasteiger partial charge >= 0.3 is 0 Å². The van der Waals surface area contributed by atoms with E-state index in [4.69, 9.17) is 0 Å². The van der Waals surface area contributed by atoms with E-state index in [1.54, 1.807) is 5.57 Å². The van der Waals surface area contributed by atoms with Gasteiger partial charge in [0.1, 0.15) is 0 Å². The first kappa shape index (κ1) is 13.9. The van der Waals surface area contributed by atoms with Crippen LogP contribution in [-0.2, 0) is 0 Å². The van der Waals surface area contributed by atoms with Crippen molar-refractivity contribution >= 4 is 0 Å². The maximum absolute atomic E-state index is 4.18. The first-order valence-electron chi connectivity index (χ1n) is 7.75. The Labute approximate surface area is 114 Å². The van der Waals surface area contributed by atoms with E-state index >= 15 is 0 Å². The molecule has 0 aromatic rings. The molecule has 0 heteroatoms. The van der Waals surface area contributed by atoms with Crippen LogP contribution in [0.2, 0.25) is 0 Å². The van der Waals surface area contributed by atoms with Crippen molar-refractivity contribution in [2.75, 3.05) is 0 Å². The van der Waals surface area contributed by atoms with Crippen molar-refractivity contribution in [1.29, 1.82) is 0 Å². The Balaban J connectivity index is 2.39. The van der Waals surface area contributed by atoms with Crippen LogP contribution < -0.4 is 0 Å². The molecule has 2 unspecified atom stereocenters. The molecule has 0 amide bonds.